The molecule has 2 aliphatic rings. The van der Waals surface area contributed by atoms with Gasteiger partial charge in [0.15, 0.2) is 0 Å². The van der Waals surface area contributed by atoms with Crippen LogP contribution in [-0.4, -0.2) is 0 Å². The molecule has 1 heteroatoms. The van der Waals surface area contributed by atoms with Crippen molar-refractivity contribution >= 4 is 12.2 Å². The van der Waals surface area contributed by atoms with E-state index in [2.05, 4.69) is 75.4 Å². The first-order valence-corrected chi connectivity index (χ1v) is 10.3. The predicted molar refractivity (Wildman–Crippen MR) is 114 cm³/mol. The quantitative estimate of drug-likeness (QED) is 0.568. The molecule has 0 bridgehead atoms. The van der Waals surface area contributed by atoms with Crippen LogP contribution in [0.5, 0.6) is 0 Å². The van der Waals surface area contributed by atoms with Crippen LogP contribution in [0, 0.1) is 12.8 Å². The van der Waals surface area contributed by atoms with Crippen molar-refractivity contribution in [2.75, 3.05) is 0 Å². The number of aryl methyl sites for hydroxylation is 1. The number of fused-ring (bicyclic) bond motifs is 1. The Hall–Kier alpha value is -1.20. The van der Waals surface area contributed by atoms with E-state index >= 15 is 0 Å². The third kappa shape index (κ3) is 4.46. The molecule has 0 nitrogen and oxygen atoms in total. The summed E-state index contributed by atoms with van der Waals surface area (Å²) in [6.45, 7) is 6.74. The summed E-state index contributed by atoms with van der Waals surface area (Å²) in [5.74, 6) is 1.35. The Bertz CT molecular complexity index is 939. The molecule has 2 aromatic carbocycles. The van der Waals surface area contributed by atoms with Gasteiger partial charge < -0.3 is 0 Å². The van der Waals surface area contributed by atoms with E-state index in [0.717, 1.165) is 5.92 Å². The van der Waals surface area contributed by atoms with E-state index in [4.69, 9.17) is 0 Å². The van der Waals surface area contributed by atoms with E-state index in [1.165, 1.54) is 70.4 Å². The Morgan fingerprint density at radius 3 is 2.19 bits per heavy atom. The van der Waals surface area contributed by atoms with Gasteiger partial charge in [0, 0.05) is 26.2 Å². The van der Waals surface area contributed by atoms with Gasteiger partial charge in [-0.05, 0) is 82.0 Å². The summed E-state index contributed by atoms with van der Waals surface area (Å²) in [6.07, 6.45) is 14.3. The average molecular weight is 434 g/mol. The van der Waals surface area contributed by atoms with Crippen LogP contribution in [0.1, 0.15) is 63.0 Å². The Morgan fingerprint density at radius 1 is 0.852 bits per heavy atom. The Kier molecular flexibility index (Phi) is 6.75. The summed E-state index contributed by atoms with van der Waals surface area (Å²) < 4.78 is 0. The summed E-state index contributed by atoms with van der Waals surface area (Å²) in [6, 6.07) is 13.7. The summed E-state index contributed by atoms with van der Waals surface area (Å²) in [5, 5.41) is 2.82. The Labute approximate surface area is 183 Å². The molecule has 0 spiro atoms. The monoisotopic (exact) mass is 432 g/mol. The topological polar surface area (TPSA) is 0 Å². The van der Waals surface area contributed by atoms with Gasteiger partial charge in [-0.15, -0.1) is 0 Å². The summed E-state index contributed by atoms with van der Waals surface area (Å²) >= 11 is 0. The smallest absolute Gasteiger partial charge is 0 e. The molecule has 0 amide bonds. The molecular formula is C26H30Zr. The molecule has 27 heavy (non-hydrogen) atoms. The van der Waals surface area contributed by atoms with Gasteiger partial charge >= 0.3 is 0 Å². The van der Waals surface area contributed by atoms with Gasteiger partial charge in [0.25, 0.3) is 0 Å². The fourth-order valence-corrected chi connectivity index (χ4v) is 4.44. The van der Waals surface area contributed by atoms with Crippen LogP contribution in [0.4, 0.5) is 0 Å². The maximum Gasteiger partial charge on any atom is 0 e. The van der Waals surface area contributed by atoms with Crippen LogP contribution >= 0.6 is 0 Å². The first-order valence-electron chi connectivity index (χ1n) is 10.3. The number of rotatable bonds is 3. The molecule has 0 aliphatic heterocycles. The molecule has 138 valence electrons. The molecule has 1 fully saturated rings. The molecule has 0 N–H and O–H groups in total. The summed E-state index contributed by atoms with van der Waals surface area (Å²) in [4.78, 5) is 0. The van der Waals surface area contributed by atoms with Crippen molar-refractivity contribution in [3.63, 3.8) is 0 Å². The number of hydrogen-bond acceptors (Lipinski definition) is 0. The van der Waals surface area contributed by atoms with Crippen molar-refractivity contribution in [1.82, 2.24) is 0 Å². The fraction of sp³-hybridized carbons (Fsp3) is 0.385. The van der Waals surface area contributed by atoms with Gasteiger partial charge in [0.05, 0.1) is 0 Å². The largest absolute Gasteiger partial charge is 0.0741 e. The van der Waals surface area contributed by atoms with E-state index in [1.807, 2.05) is 0 Å². The second-order valence-electron chi connectivity index (χ2n) is 8.39. The summed E-state index contributed by atoms with van der Waals surface area (Å²) in [5.41, 5.74) is 6.90. The normalized spacial score (nSPS) is 18.0. The van der Waals surface area contributed by atoms with Gasteiger partial charge in [-0.3, -0.25) is 0 Å². The van der Waals surface area contributed by atoms with Gasteiger partial charge in [0.1, 0.15) is 0 Å². The molecule has 0 unspecified atom stereocenters. The fourth-order valence-electron chi connectivity index (χ4n) is 4.44. The Morgan fingerprint density at radius 2 is 1.52 bits per heavy atom. The van der Waals surface area contributed by atoms with Crippen molar-refractivity contribution in [2.45, 2.75) is 58.8 Å². The minimum Gasteiger partial charge on any atom is -0.0741 e. The maximum absolute atomic E-state index is 2.53. The Balaban J connectivity index is 0.00000210. The van der Waals surface area contributed by atoms with Crippen LogP contribution < -0.4 is 10.4 Å². The van der Waals surface area contributed by atoms with Crippen molar-refractivity contribution in [1.29, 1.82) is 0 Å². The first kappa shape index (κ1) is 20.5. The van der Waals surface area contributed by atoms with E-state index < -0.39 is 0 Å². The van der Waals surface area contributed by atoms with Crippen molar-refractivity contribution in [3.05, 3.63) is 69.6 Å². The van der Waals surface area contributed by atoms with E-state index in [1.54, 1.807) is 0 Å². The minimum absolute atomic E-state index is 0. The predicted octanol–water partition coefficient (Wildman–Crippen LogP) is 5.86. The van der Waals surface area contributed by atoms with Crippen molar-refractivity contribution in [3.8, 4) is 11.1 Å². The SMILES string of the molecule is Cc1ccc(-c2ccc(C(C)C)cc2)c2c1=CC(=CC1CCCCC1)C=2.[Zr]. The summed E-state index contributed by atoms with van der Waals surface area (Å²) in [7, 11) is 0. The standard InChI is InChI=1S/C26H30.Zr/c1-18(2)22-10-12-23(13-11-22)24-14-9-19(3)25-16-21(17-26(24)25)15-20-7-5-4-6-8-20;/h9-18,20H,4-8H2,1-3H3;. The van der Waals surface area contributed by atoms with Crippen molar-refractivity contribution < 1.29 is 26.2 Å². The van der Waals surface area contributed by atoms with Crippen LogP contribution in [0.3, 0.4) is 0 Å². The van der Waals surface area contributed by atoms with Gasteiger partial charge in [-0.1, -0.05) is 75.6 Å². The van der Waals surface area contributed by atoms with Gasteiger partial charge in [-0.25, -0.2) is 0 Å². The number of benzene rings is 2. The zero-order valence-electron chi connectivity index (χ0n) is 16.9. The molecule has 0 saturated heterocycles. The average Bonchev–Trinajstić information content (AvgIpc) is 3.07. The van der Waals surface area contributed by atoms with Crippen LogP contribution in [0.15, 0.2) is 48.0 Å². The first-order chi connectivity index (χ1) is 12.6. The van der Waals surface area contributed by atoms with Crippen molar-refractivity contribution in [2.24, 2.45) is 5.92 Å². The maximum atomic E-state index is 2.53. The minimum atomic E-state index is 0. The van der Waals surface area contributed by atoms with Gasteiger partial charge in [0.2, 0.25) is 0 Å². The van der Waals surface area contributed by atoms with E-state index in [-0.39, 0.29) is 26.2 Å². The third-order valence-corrected chi connectivity index (χ3v) is 6.09. The van der Waals surface area contributed by atoms with E-state index in [9.17, 15) is 0 Å². The molecule has 0 atom stereocenters. The number of hydrogen-bond donors (Lipinski definition) is 0. The molecule has 4 rings (SSSR count). The zero-order chi connectivity index (χ0) is 18.1. The molecule has 2 aliphatic carbocycles. The molecular weight excluding hydrogens is 404 g/mol. The second kappa shape index (κ2) is 8.87. The molecule has 0 aromatic heterocycles. The third-order valence-electron chi connectivity index (χ3n) is 6.09. The van der Waals surface area contributed by atoms with Gasteiger partial charge in [-0.2, -0.15) is 0 Å². The molecule has 0 radical (unpaired) electrons. The van der Waals surface area contributed by atoms with Crippen LogP contribution in [0.25, 0.3) is 23.3 Å². The zero-order valence-corrected chi connectivity index (χ0v) is 19.3. The van der Waals surface area contributed by atoms with E-state index in [0.29, 0.717) is 5.92 Å². The molecule has 1 saturated carbocycles. The second-order valence-corrected chi connectivity index (χ2v) is 8.39. The van der Waals surface area contributed by atoms with Crippen LogP contribution in [-0.2, 0) is 26.2 Å². The molecule has 0 heterocycles. The number of allylic oxidation sites excluding steroid dienone is 2. The van der Waals surface area contributed by atoms with Crippen LogP contribution in [0.2, 0.25) is 0 Å². The molecule has 2 aromatic rings.